The molecule has 0 aliphatic carbocycles. The number of anilines is 1. The van der Waals surface area contributed by atoms with Crippen LogP contribution in [0.5, 0.6) is 0 Å². The fraction of sp³-hybridized carbons (Fsp3) is 0.167. The van der Waals surface area contributed by atoms with Crippen molar-refractivity contribution in [1.29, 1.82) is 0 Å². The van der Waals surface area contributed by atoms with Crippen LogP contribution in [0.3, 0.4) is 0 Å². The van der Waals surface area contributed by atoms with E-state index >= 15 is 0 Å². The van der Waals surface area contributed by atoms with E-state index in [0.29, 0.717) is 16.8 Å². The van der Waals surface area contributed by atoms with Gasteiger partial charge in [0.2, 0.25) is 5.91 Å². The second kappa shape index (κ2) is 6.49. The molecule has 0 saturated heterocycles. The SMILES string of the molecule is C[C@@H](Sc1ccccc1)C(=O)Nc1ccc2c(c1)C(=O)N(C)C2=O. The van der Waals surface area contributed by atoms with Crippen molar-refractivity contribution >= 4 is 35.2 Å². The van der Waals surface area contributed by atoms with Crippen molar-refractivity contribution in [2.24, 2.45) is 0 Å². The molecule has 0 radical (unpaired) electrons. The molecular formula is C18H16N2O3S. The lowest BCUT2D eigenvalue weighted by atomic mass is 10.1. The summed E-state index contributed by atoms with van der Waals surface area (Å²) >= 11 is 1.46. The van der Waals surface area contributed by atoms with Crippen molar-refractivity contribution in [2.75, 3.05) is 12.4 Å². The highest BCUT2D eigenvalue weighted by atomic mass is 32.2. The van der Waals surface area contributed by atoms with E-state index in [-0.39, 0.29) is 23.0 Å². The van der Waals surface area contributed by atoms with Gasteiger partial charge >= 0.3 is 0 Å². The first-order valence-electron chi connectivity index (χ1n) is 7.46. The van der Waals surface area contributed by atoms with Crippen LogP contribution in [0.25, 0.3) is 0 Å². The molecule has 1 atom stereocenters. The number of carbonyl (C=O) groups excluding carboxylic acids is 3. The van der Waals surface area contributed by atoms with Crippen LogP contribution in [-0.2, 0) is 4.79 Å². The van der Waals surface area contributed by atoms with Gasteiger partial charge in [0.15, 0.2) is 0 Å². The molecule has 2 aromatic rings. The minimum absolute atomic E-state index is 0.158. The van der Waals surface area contributed by atoms with Gasteiger partial charge in [0.1, 0.15) is 0 Å². The predicted octanol–water partition coefficient (Wildman–Crippen LogP) is 3.03. The first-order valence-corrected chi connectivity index (χ1v) is 8.34. The molecule has 0 unspecified atom stereocenters. The van der Waals surface area contributed by atoms with Gasteiger partial charge in [-0.3, -0.25) is 19.3 Å². The minimum Gasteiger partial charge on any atom is -0.325 e. The van der Waals surface area contributed by atoms with Gasteiger partial charge in [0, 0.05) is 17.6 Å². The van der Waals surface area contributed by atoms with Crippen LogP contribution in [0.1, 0.15) is 27.6 Å². The minimum atomic E-state index is -0.349. The molecule has 3 amide bonds. The molecule has 6 heteroatoms. The number of benzene rings is 2. The standard InChI is InChI=1S/C18H16N2O3S/c1-11(24-13-6-4-3-5-7-13)16(21)19-12-8-9-14-15(10-12)18(23)20(2)17(14)22/h3-11H,1-2H3,(H,19,21)/t11-/m1/s1. The largest absolute Gasteiger partial charge is 0.325 e. The van der Waals surface area contributed by atoms with Crippen LogP contribution in [0.4, 0.5) is 5.69 Å². The number of nitrogens with one attached hydrogen (secondary N) is 1. The Labute approximate surface area is 144 Å². The summed E-state index contributed by atoms with van der Waals surface area (Å²) in [7, 11) is 1.45. The van der Waals surface area contributed by atoms with Crippen LogP contribution in [0.15, 0.2) is 53.4 Å². The molecular weight excluding hydrogens is 324 g/mol. The zero-order chi connectivity index (χ0) is 17.3. The first kappa shape index (κ1) is 16.3. The van der Waals surface area contributed by atoms with E-state index in [9.17, 15) is 14.4 Å². The zero-order valence-electron chi connectivity index (χ0n) is 13.3. The second-order valence-electron chi connectivity index (χ2n) is 5.49. The Kier molecular flexibility index (Phi) is 4.40. The lowest BCUT2D eigenvalue weighted by Crippen LogP contribution is -2.24. The van der Waals surface area contributed by atoms with Crippen LogP contribution < -0.4 is 5.32 Å². The van der Waals surface area contributed by atoms with Crippen LogP contribution in [-0.4, -0.2) is 34.9 Å². The van der Waals surface area contributed by atoms with Gasteiger partial charge in [0.25, 0.3) is 11.8 Å². The van der Waals surface area contributed by atoms with Crippen molar-refractivity contribution in [2.45, 2.75) is 17.1 Å². The normalized spacial score (nSPS) is 14.5. The van der Waals surface area contributed by atoms with Gasteiger partial charge in [-0.2, -0.15) is 0 Å². The third kappa shape index (κ3) is 3.05. The Morgan fingerprint density at radius 2 is 1.71 bits per heavy atom. The van der Waals surface area contributed by atoms with Gasteiger partial charge in [-0.05, 0) is 37.3 Å². The molecule has 24 heavy (non-hydrogen) atoms. The molecule has 0 bridgehead atoms. The summed E-state index contributed by atoms with van der Waals surface area (Å²) in [5.41, 5.74) is 1.20. The number of nitrogens with zero attached hydrogens (tertiary/aromatic N) is 1. The van der Waals surface area contributed by atoms with E-state index in [0.717, 1.165) is 9.80 Å². The summed E-state index contributed by atoms with van der Waals surface area (Å²) in [4.78, 5) is 38.3. The smallest absolute Gasteiger partial charge is 0.261 e. The summed E-state index contributed by atoms with van der Waals surface area (Å²) in [6, 6.07) is 14.4. The van der Waals surface area contributed by atoms with Gasteiger partial charge in [-0.25, -0.2) is 0 Å². The lowest BCUT2D eigenvalue weighted by Gasteiger charge is -2.12. The van der Waals surface area contributed by atoms with Crippen molar-refractivity contribution in [1.82, 2.24) is 4.90 Å². The third-order valence-corrected chi connectivity index (χ3v) is 4.89. The van der Waals surface area contributed by atoms with Crippen molar-refractivity contribution in [3.05, 3.63) is 59.7 Å². The molecule has 1 aliphatic heterocycles. The highest BCUT2D eigenvalue weighted by Crippen LogP contribution is 2.26. The number of amides is 3. The van der Waals surface area contributed by atoms with Crippen LogP contribution in [0, 0.1) is 0 Å². The Morgan fingerprint density at radius 3 is 2.42 bits per heavy atom. The summed E-state index contributed by atoms with van der Waals surface area (Å²) in [6.45, 7) is 1.82. The number of hydrogen-bond acceptors (Lipinski definition) is 4. The number of hydrogen-bond donors (Lipinski definition) is 1. The number of imide groups is 1. The molecule has 122 valence electrons. The molecule has 3 rings (SSSR count). The van der Waals surface area contributed by atoms with Crippen molar-refractivity contribution in [3.8, 4) is 0 Å². The fourth-order valence-corrected chi connectivity index (χ4v) is 3.33. The van der Waals surface area contributed by atoms with Crippen LogP contribution in [0.2, 0.25) is 0 Å². The van der Waals surface area contributed by atoms with Gasteiger partial charge in [0.05, 0.1) is 16.4 Å². The van der Waals surface area contributed by atoms with E-state index in [1.54, 1.807) is 18.2 Å². The maximum atomic E-state index is 12.3. The van der Waals surface area contributed by atoms with Gasteiger partial charge < -0.3 is 5.32 Å². The summed E-state index contributed by atoms with van der Waals surface area (Å²) in [5, 5.41) is 2.51. The van der Waals surface area contributed by atoms with Crippen molar-refractivity contribution < 1.29 is 14.4 Å². The quantitative estimate of drug-likeness (QED) is 0.686. The molecule has 0 fully saturated rings. The van der Waals surface area contributed by atoms with E-state index < -0.39 is 0 Å². The highest BCUT2D eigenvalue weighted by Gasteiger charge is 2.32. The predicted molar refractivity (Wildman–Crippen MR) is 93.3 cm³/mol. The molecule has 1 heterocycles. The number of fused-ring (bicyclic) bond motifs is 1. The topological polar surface area (TPSA) is 66.5 Å². The van der Waals surface area contributed by atoms with E-state index in [4.69, 9.17) is 0 Å². The maximum absolute atomic E-state index is 12.3. The summed E-state index contributed by atoms with van der Waals surface area (Å²) in [5.74, 6) is -0.826. The first-order chi connectivity index (χ1) is 11.5. The Morgan fingerprint density at radius 1 is 1.04 bits per heavy atom. The molecule has 1 N–H and O–H groups in total. The zero-order valence-corrected chi connectivity index (χ0v) is 14.1. The fourth-order valence-electron chi connectivity index (χ4n) is 2.44. The molecule has 2 aromatic carbocycles. The van der Waals surface area contributed by atoms with Gasteiger partial charge in [-0.1, -0.05) is 18.2 Å². The van der Waals surface area contributed by atoms with Crippen molar-refractivity contribution in [3.63, 3.8) is 0 Å². The maximum Gasteiger partial charge on any atom is 0.261 e. The number of carbonyl (C=O) groups is 3. The molecule has 5 nitrogen and oxygen atoms in total. The third-order valence-electron chi connectivity index (χ3n) is 3.78. The summed E-state index contributed by atoms with van der Waals surface area (Å²) < 4.78 is 0. The summed E-state index contributed by atoms with van der Waals surface area (Å²) in [6.07, 6.45) is 0. The molecule has 1 aliphatic rings. The van der Waals surface area contributed by atoms with Crippen LogP contribution >= 0.6 is 11.8 Å². The lowest BCUT2D eigenvalue weighted by molar-refractivity contribution is -0.115. The Bertz CT molecular complexity index is 820. The van der Waals surface area contributed by atoms with E-state index in [1.165, 1.54) is 18.8 Å². The molecule has 0 aromatic heterocycles. The monoisotopic (exact) mass is 340 g/mol. The highest BCUT2D eigenvalue weighted by molar-refractivity contribution is 8.00. The second-order valence-corrected chi connectivity index (χ2v) is 6.91. The average Bonchev–Trinajstić information content (AvgIpc) is 2.80. The molecule has 0 spiro atoms. The molecule has 0 saturated carbocycles. The Balaban J connectivity index is 1.72. The Hall–Kier alpha value is -2.60. The van der Waals surface area contributed by atoms with Gasteiger partial charge in [-0.15, -0.1) is 11.8 Å². The number of thioether (sulfide) groups is 1. The van der Waals surface area contributed by atoms with E-state index in [1.807, 2.05) is 37.3 Å². The average molecular weight is 340 g/mol. The number of rotatable bonds is 4. The van der Waals surface area contributed by atoms with E-state index in [2.05, 4.69) is 5.32 Å².